The summed E-state index contributed by atoms with van der Waals surface area (Å²) in [6.45, 7) is 1.80. The Kier molecular flexibility index (Phi) is 3.03. The molecule has 70 valence electrons. The van der Waals surface area contributed by atoms with E-state index >= 15 is 0 Å². The number of aliphatic hydroxyl groups excluding tert-OH is 1. The van der Waals surface area contributed by atoms with Gasteiger partial charge in [0.05, 0.1) is 19.3 Å². The number of ether oxygens (including phenoxy) is 1. The number of hydrogen-bond donors (Lipinski definition) is 1. The van der Waals surface area contributed by atoms with E-state index in [1.165, 1.54) is 7.11 Å². The average molecular weight is 180 g/mol. The first-order valence-electron chi connectivity index (χ1n) is 3.96. The molecule has 1 rings (SSSR count). The molecule has 0 radical (unpaired) electrons. The molecule has 0 aromatic heterocycles. The minimum Gasteiger partial charge on any atom is -0.496 e. The van der Waals surface area contributed by atoms with Crippen molar-refractivity contribution in [2.45, 2.75) is 13.5 Å². The van der Waals surface area contributed by atoms with Gasteiger partial charge in [-0.2, -0.15) is 0 Å². The van der Waals surface area contributed by atoms with Gasteiger partial charge in [0.15, 0.2) is 6.29 Å². The number of benzene rings is 1. The maximum Gasteiger partial charge on any atom is 0.153 e. The molecule has 3 heteroatoms. The van der Waals surface area contributed by atoms with Crippen molar-refractivity contribution in [3.05, 3.63) is 28.8 Å². The zero-order valence-electron chi connectivity index (χ0n) is 7.70. The Bertz CT molecular complexity index is 318. The third-order valence-electron chi connectivity index (χ3n) is 1.99. The predicted molar refractivity (Wildman–Crippen MR) is 49.0 cm³/mol. The van der Waals surface area contributed by atoms with Crippen molar-refractivity contribution in [2.75, 3.05) is 7.11 Å². The van der Waals surface area contributed by atoms with Gasteiger partial charge in [0.2, 0.25) is 0 Å². The van der Waals surface area contributed by atoms with Crippen molar-refractivity contribution < 1.29 is 14.6 Å². The van der Waals surface area contributed by atoms with Crippen LogP contribution in [-0.4, -0.2) is 18.5 Å². The van der Waals surface area contributed by atoms with Gasteiger partial charge in [-0.1, -0.05) is 0 Å². The fourth-order valence-electron chi connectivity index (χ4n) is 1.19. The number of rotatable bonds is 3. The van der Waals surface area contributed by atoms with Gasteiger partial charge in [-0.15, -0.1) is 0 Å². The van der Waals surface area contributed by atoms with Gasteiger partial charge < -0.3 is 9.84 Å². The number of aldehydes is 1. The molecule has 0 spiro atoms. The number of hydrogen-bond acceptors (Lipinski definition) is 3. The molecule has 1 N–H and O–H groups in total. The second-order valence-corrected chi connectivity index (χ2v) is 2.80. The van der Waals surface area contributed by atoms with Crippen molar-refractivity contribution in [2.24, 2.45) is 0 Å². The lowest BCUT2D eigenvalue weighted by Gasteiger charge is -2.08. The van der Waals surface area contributed by atoms with Crippen LogP contribution in [0.4, 0.5) is 0 Å². The first-order valence-corrected chi connectivity index (χ1v) is 3.96. The molecule has 0 aliphatic rings. The minimum atomic E-state index is -0.0403. The van der Waals surface area contributed by atoms with Crippen molar-refractivity contribution in [1.29, 1.82) is 0 Å². The number of methoxy groups -OCH3 is 1. The molecule has 0 unspecified atom stereocenters. The summed E-state index contributed by atoms with van der Waals surface area (Å²) in [5.74, 6) is 0.504. The van der Waals surface area contributed by atoms with E-state index in [1.54, 1.807) is 12.1 Å². The maximum atomic E-state index is 10.6. The van der Waals surface area contributed by atoms with E-state index in [1.807, 2.05) is 6.92 Å². The fraction of sp³-hybridized carbons (Fsp3) is 0.300. The fourth-order valence-corrected chi connectivity index (χ4v) is 1.19. The largest absolute Gasteiger partial charge is 0.496 e. The summed E-state index contributed by atoms with van der Waals surface area (Å²) < 4.78 is 4.99. The summed E-state index contributed by atoms with van der Waals surface area (Å²) in [5.41, 5.74) is 2.19. The highest BCUT2D eigenvalue weighted by atomic mass is 16.5. The van der Waals surface area contributed by atoms with Gasteiger partial charge in [0, 0.05) is 0 Å². The third kappa shape index (κ3) is 1.87. The molecule has 0 saturated carbocycles. The Morgan fingerprint density at radius 3 is 2.69 bits per heavy atom. The Morgan fingerprint density at radius 2 is 2.23 bits per heavy atom. The molecule has 1 aromatic rings. The van der Waals surface area contributed by atoms with Crippen LogP contribution >= 0.6 is 0 Å². The molecule has 1 aromatic carbocycles. The summed E-state index contributed by atoms with van der Waals surface area (Å²) in [7, 11) is 1.50. The lowest BCUT2D eigenvalue weighted by atomic mass is 10.1. The molecule has 13 heavy (non-hydrogen) atoms. The minimum absolute atomic E-state index is 0.0403. The Morgan fingerprint density at radius 1 is 1.54 bits per heavy atom. The molecule has 0 aliphatic carbocycles. The van der Waals surface area contributed by atoms with Crippen molar-refractivity contribution >= 4 is 6.29 Å². The van der Waals surface area contributed by atoms with Crippen LogP contribution in [0.25, 0.3) is 0 Å². The van der Waals surface area contributed by atoms with E-state index in [0.717, 1.165) is 17.4 Å². The van der Waals surface area contributed by atoms with Gasteiger partial charge in [0.25, 0.3) is 0 Å². The quantitative estimate of drug-likeness (QED) is 0.713. The molecule has 0 heterocycles. The van der Waals surface area contributed by atoms with Crippen LogP contribution in [-0.2, 0) is 6.61 Å². The van der Waals surface area contributed by atoms with E-state index in [4.69, 9.17) is 9.84 Å². The highest BCUT2D eigenvalue weighted by Gasteiger charge is 2.05. The molecular formula is C10H12O3. The lowest BCUT2D eigenvalue weighted by Crippen LogP contribution is -1.96. The van der Waals surface area contributed by atoms with Gasteiger partial charge in [-0.05, 0) is 30.2 Å². The van der Waals surface area contributed by atoms with E-state index in [9.17, 15) is 4.79 Å². The topological polar surface area (TPSA) is 46.5 Å². The number of aryl methyl sites for hydroxylation is 1. The van der Waals surface area contributed by atoms with Crippen LogP contribution in [0.2, 0.25) is 0 Å². The normalized spacial score (nSPS) is 9.77. The maximum absolute atomic E-state index is 10.6. The van der Waals surface area contributed by atoms with Crippen molar-refractivity contribution in [3.63, 3.8) is 0 Å². The average Bonchev–Trinajstić information content (AvgIpc) is 2.17. The van der Waals surface area contributed by atoms with Crippen LogP contribution in [0, 0.1) is 6.92 Å². The SMILES string of the molecule is COc1cc(CO)c(C)cc1C=O. The molecule has 0 atom stereocenters. The highest BCUT2D eigenvalue weighted by molar-refractivity contribution is 5.80. The van der Waals surface area contributed by atoms with Gasteiger partial charge in [-0.25, -0.2) is 0 Å². The van der Waals surface area contributed by atoms with Gasteiger partial charge in [0.1, 0.15) is 5.75 Å². The van der Waals surface area contributed by atoms with Gasteiger partial charge >= 0.3 is 0 Å². The zero-order chi connectivity index (χ0) is 9.84. The number of aliphatic hydroxyl groups is 1. The summed E-state index contributed by atoms with van der Waals surface area (Å²) >= 11 is 0. The van der Waals surface area contributed by atoms with Crippen LogP contribution in [0.5, 0.6) is 5.75 Å². The van der Waals surface area contributed by atoms with E-state index < -0.39 is 0 Å². The van der Waals surface area contributed by atoms with E-state index in [0.29, 0.717) is 11.3 Å². The summed E-state index contributed by atoms with van der Waals surface area (Å²) in [4.78, 5) is 10.6. The molecule has 0 amide bonds. The van der Waals surface area contributed by atoms with Crippen molar-refractivity contribution in [1.82, 2.24) is 0 Å². The molecule has 0 aliphatic heterocycles. The van der Waals surface area contributed by atoms with Gasteiger partial charge in [-0.3, -0.25) is 4.79 Å². The summed E-state index contributed by atoms with van der Waals surface area (Å²) in [6, 6.07) is 3.39. The third-order valence-corrected chi connectivity index (χ3v) is 1.99. The summed E-state index contributed by atoms with van der Waals surface area (Å²) in [6.07, 6.45) is 0.743. The Balaban J connectivity index is 3.26. The van der Waals surface area contributed by atoms with Crippen LogP contribution in [0.3, 0.4) is 0 Å². The van der Waals surface area contributed by atoms with E-state index in [2.05, 4.69) is 0 Å². The molecular weight excluding hydrogens is 168 g/mol. The number of carbonyl (C=O) groups is 1. The van der Waals surface area contributed by atoms with Crippen molar-refractivity contribution in [3.8, 4) is 5.75 Å². The Labute approximate surface area is 77.0 Å². The molecule has 0 saturated heterocycles. The molecule has 3 nitrogen and oxygen atoms in total. The monoisotopic (exact) mass is 180 g/mol. The van der Waals surface area contributed by atoms with Crippen LogP contribution in [0.15, 0.2) is 12.1 Å². The second kappa shape index (κ2) is 4.05. The predicted octanol–water partition coefficient (Wildman–Crippen LogP) is 1.31. The molecule has 0 bridgehead atoms. The van der Waals surface area contributed by atoms with E-state index in [-0.39, 0.29) is 6.61 Å². The highest BCUT2D eigenvalue weighted by Crippen LogP contribution is 2.21. The Hall–Kier alpha value is -1.35. The first-order chi connectivity index (χ1) is 6.22. The standard InChI is InChI=1S/C10H12O3/c1-7-3-9(6-12)10(13-2)4-8(7)5-11/h3-4,6,11H,5H2,1-2H3. The lowest BCUT2D eigenvalue weighted by molar-refractivity contribution is 0.112. The molecule has 0 fully saturated rings. The smallest absolute Gasteiger partial charge is 0.153 e. The zero-order valence-corrected chi connectivity index (χ0v) is 7.70. The van der Waals surface area contributed by atoms with Crippen LogP contribution in [0.1, 0.15) is 21.5 Å². The number of carbonyl (C=O) groups excluding carboxylic acids is 1. The second-order valence-electron chi connectivity index (χ2n) is 2.80. The first kappa shape index (κ1) is 9.74. The van der Waals surface area contributed by atoms with Crippen LogP contribution < -0.4 is 4.74 Å². The summed E-state index contributed by atoms with van der Waals surface area (Å²) in [5, 5.41) is 8.96.